The van der Waals surface area contributed by atoms with Crippen LogP contribution in [0.5, 0.6) is 0 Å². The number of hydrogen-bond acceptors (Lipinski definition) is 3. The standard InChI is InChI=1S/C16H27N3O2/c20-15-4-1-12-9-19(10-14(12)15)16(21)17-7-11-5-6-18(8-11)13-2-3-13/h11-15,20H,1-10H2,(H,17,21). The fraction of sp³-hybridized carbons (Fsp3) is 0.938. The Morgan fingerprint density at radius 2 is 1.95 bits per heavy atom. The van der Waals surface area contributed by atoms with E-state index < -0.39 is 0 Å². The van der Waals surface area contributed by atoms with Crippen LogP contribution in [0.15, 0.2) is 0 Å². The van der Waals surface area contributed by atoms with Gasteiger partial charge in [-0.1, -0.05) is 0 Å². The van der Waals surface area contributed by atoms with Crippen LogP contribution in [0.1, 0.15) is 32.1 Å². The first-order chi connectivity index (χ1) is 10.2. The molecule has 0 radical (unpaired) electrons. The molecular formula is C16H27N3O2. The Kier molecular flexibility index (Phi) is 3.58. The van der Waals surface area contributed by atoms with Crippen molar-refractivity contribution >= 4 is 6.03 Å². The maximum atomic E-state index is 12.3. The van der Waals surface area contributed by atoms with Crippen LogP contribution in [0.25, 0.3) is 0 Å². The smallest absolute Gasteiger partial charge is 0.317 e. The number of aliphatic hydroxyl groups excluding tert-OH is 1. The second kappa shape index (κ2) is 5.43. The molecule has 2 saturated heterocycles. The van der Waals surface area contributed by atoms with Crippen molar-refractivity contribution in [3.05, 3.63) is 0 Å². The number of carbonyl (C=O) groups is 1. The monoisotopic (exact) mass is 293 g/mol. The van der Waals surface area contributed by atoms with Crippen molar-refractivity contribution in [2.45, 2.75) is 44.2 Å². The van der Waals surface area contributed by atoms with Gasteiger partial charge in [-0.2, -0.15) is 0 Å². The number of rotatable bonds is 3. The van der Waals surface area contributed by atoms with Crippen LogP contribution in [0, 0.1) is 17.8 Å². The first-order valence-electron chi connectivity index (χ1n) is 8.65. The lowest BCUT2D eigenvalue weighted by Gasteiger charge is -2.21. The molecule has 4 rings (SSSR count). The Labute approximate surface area is 126 Å². The number of nitrogens with zero attached hydrogens (tertiary/aromatic N) is 2. The van der Waals surface area contributed by atoms with Crippen LogP contribution in [-0.2, 0) is 0 Å². The molecule has 118 valence electrons. The molecule has 4 atom stereocenters. The van der Waals surface area contributed by atoms with Crippen molar-refractivity contribution in [1.82, 2.24) is 15.1 Å². The van der Waals surface area contributed by atoms with E-state index in [0.717, 1.165) is 45.1 Å². The molecule has 4 fully saturated rings. The number of hydrogen-bond donors (Lipinski definition) is 2. The maximum Gasteiger partial charge on any atom is 0.317 e. The van der Waals surface area contributed by atoms with Crippen molar-refractivity contribution in [1.29, 1.82) is 0 Å². The Hall–Kier alpha value is -0.810. The average Bonchev–Trinajstić information content (AvgIpc) is 2.94. The second-order valence-electron chi connectivity index (χ2n) is 7.54. The summed E-state index contributed by atoms with van der Waals surface area (Å²) in [5.74, 6) is 1.48. The molecule has 2 saturated carbocycles. The van der Waals surface area contributed by atoms with E-state index in [9.17, 15) is 9.90 Å². The minimum absolute atomic E-state index is 0.0847. The van der Waals surface area contributed by atoms with Gasteiger partial charge in [0.15, 0.2) is 0 Å². The minimum Gasteiger partial charge on any atom is -0.393 e. The van der Waals surface area contributed by atoms with E-state index in [1.165, 1.54) is 25.8 Å². The predicted molar refractivity (Wildman–Crippen MR) is 79.9 cm³/mol. The van der Waals surface area contributed by atoms with Gasteiger partial charge in [-0.05, 0) is 50.5 Å². The van der Waals surface area contributed by atoms with Crippen molar-refractivity contribution in [3.63, 3.8) is 0 Å². The molecule has 21 heavy (non-hydrogen) atoms. The van der Waals surface area contributed by atoms with Crippen LogP contribution in [-0.4, -0.2) is 65.8 Å². The summed E-state index contributed by atoms with van der Waals surface area (Å²) in [5.41, 5.74) is 0. The van der Waals surface area contributed by atoms with Crippen molar-refractivity contribution in [2.75, 3.05) is 32.7 Å². The Morgan fingerprint density at radius 3 is 2.71 bits per heavy atom. The fourth-order valence-electron chi connectivity index (χ4n) is 4.55. The van der Waals surface area contributed by atoms with Gasteiger partial charge in [0, 0.05) is 38.1 Å². The summed E-state index contributed by atoms with van der Waals surface area (Å²) in [6.07, 6.45) is 5.78. The highest BCUT2D eigenvalue weighted by molar-refractivity contribution is 5.74. The van der Waals surface area contributed by atoms with E-state index >= 15 is 0 Å². The molecular weight excluding hydrogens is 266 g/mol. The molecule has 4 unspecified atom stereocenters. The molecule has 0 aromatic carbocycles. The van der Waals surface area contributed by atoms with Gasteiger partial charge in [0.05, 0.1) is 6.10 Å². The van der Waals surface area contributed by atoms with Gasteiger partial charge in [-0.25, -0.2) is 4.79 Å². The Balaban J connectivity index is 1.22. The third kappa shape index (κ3) is 2.78. The third-order valence-electron chi connectivity index (χ3n) is 6.03. The first kappa shape index (κ1) is 13.8. The van der Waals surface area contributed by atoms with Gasteiger partial charge < -0.3 is 20.2 Å². The molecule has 0 bridgehead atoms. The van der Waals surface area contributed by atoms with Crippen LogP contribution in [0.4, 0.5) is 4.79 Å². The first-order valence-corrected chi connectivity index (χ1v) is 8.65. The van der Waals surface area contributed by atoms with Crippen molar-refractivity contribution in [3.8, 4) is 0 Å². The predicted octanol–water partition coefficient (Wildman–Crippen LogP) is 0.883. The summed E-state index contributed by atoms with van der Waals surface area (Å²) in [7, 11) is 0. The zero-order valence-electron chi connectivity index (χ0n) is 12.7. The van der Waals surface area contributed by atoms with Crippen LogP contribution in [0.3, 0.4) is 0 Å². The van der Waals surface area contributed by atoms with E-state index in [-0.39, 0.29) is 12.1 Å². The number of aliphatic hydroxyl groups is 1. The largest absolute Gasteiger partial charge is 0.393 e. The lowest BCUT2D eigenvalue weighted by molar-refractivity contribution is 0.126. The summed E-state index contributed by atoms with van der Waals surface area (Å²) >= 11 is 0. The molecule has 4 aliphatic rings. The minimum atomic E-state index is -0.185. The molecule has 5 heteroatoms. The summed E-state index contributed by atoms with van der Waals surface area (Å²) in [6.45, 7) is 4.78. The summed E-state index contributed by atoms with van der Waals surface area (Å²) in [4.78, 5) is 16.8. The number of likely N-dealkylation sites (tertiary alicyclic amines) is 2. The normalized spacial score (nSPS) is 39.8. The Morgan fingerprint density at radius 1 is 1.10 bits per heavy atom. The van der Waals surface area contributed by atoms with Crippen LogP contribution < -0.4 is 5.32 Å². The fourth-order valence-corrected chi connectivity index (χ4v) is 4.55. The highest BCUT2D eigenvalue weighted by atomic mass is 16.3. The van der Waals surface area contributed by atoms with Crippen molar-refractivity contribution < 1.29 is 9.90 Å². The second-order valence-corrected chi connectivity index (χ2v) is 7.54. The van der Waals surface area contributed by atoms with Gasteiger partial charge in [0.2, 0.25) is 0 Å². The molecule has 2 N–H and O–H groups in total. The van der Waals surface area contributed by atoms with E-state index in [4.69, 9.17) is 0 Å². The third-order valence-corrected chi connectivity index (χ3v) is 6.03. The van der Waals surface area contributed by atoms with Gasteiger partial charge >= 0.3 is 6.03 Å². The molecule has 2 heterocycles. The maximum absolute atomic E-state index is 12.3. The summed E-state index contributed by atoms with van der Waals surface area (Å²) in [5, 5.41) is 13.1. The topological polar surface area (TPSA) is 55.8 Å². The van der Waals surface area contributed by atoms with E-state index in [0.29, 0.717) is 17.8 Å². The van der Waals surface area contributed by atoms with Crippen molar-refractivity contribution in [2.24, 2.45) is 17.8 Å². The molecule has 5 nitrogen and oxygen atoms in total. The van der Waals surface area contributed by atoms with E-state index in [1.807, 2.05) is 4.90 Å². The summed E-state index contributed by atoms with van der Waals surface area (Å²) in [6, 6.07) is 0.937. The molecule has 0 aromatic rings. The highest BCUT2D eigenvalue weighted by Crippen LogP contribution is 2.38. The average molecular weight is 293 g/mol. The molecule has 2 amide bonds. The van der Waals surface area contributed by atoms with E-state index in [2.05, 4.69) is 10.2 Å². The zero-order chi connectivity index (χ0) is 14.4. The van der Waals surface area contributed by atoms with Crippen LogP contribution >= 0.6 is 0 Å². The quantitative estimate of drug-likeness (QED) is 0.812. The molecule has 0 spiro atoms. The lowest BCUT2D eigenvalue weighted by atomic mass is 10.00. The number of fused-ring (bicyclic) bond motifs is 1. The molecule has 0 aromatic heterocycles. The van der Waals surface area contributed by atoms with Crippen LogP contribution in [0.2, 0.25) is 0 Å². The Bertz CT molecular complexity index is 412. The van der Waals surface area contributed by atoms with Gasteiger partial charge in [0.1, 0.15) is 0 Å². The SMILES string of the molecule is O=C(NCC1CCN(C2CC2)C1)N1CC2CCC(O)C2C1. The van der Waals surface area contributed by atoms with E-state index in [1.54, 1.807) is 0 Å². The number of carbonyl (C=O) groups excluding carboxylic acids is 1. The van der Waals surface area contributed by atoms with Gasteiger partial charge in [-0.3, -0.25) is 0 Å². The molecule has 2 aliphatic carbocycles. The number of amides is 2. The highest BCUT2D eigenvalue weighted by Gasteiger charge is 2.43. The number of nitrogens with one attached hydrogen (secondary N) is 1. The summed E-state index contributed by atoms with van der Waals surface area (Å²) < 4.78 is 0. The molecule has 2 aliphatic heterocycles. The number of urea groups is 1. The lowest BCUT2D eigenvalue weighted by Crippen LogP contribution is -2.41. The van der Waals surface area contributed by atoms with Gasteiger partial charge in [-0.15, -0.1) is 0 Å². The zero-order valence-corrected chi connectivity index (χ0v) is 12.7. The van der Waals surface area contributed by atoms with Gasteiger partial charge in [0.25, 0.3) is 0 Å².